The van der Waals surface area contributed by atoms with Crippen molar-refractivity contribution in [1.82, 2.24) is 0 Å². The number of ether oxygens (including phenoxy) is 2. The van der Waals surface area contributed by atoms with Crippen molar-refractivity contribution in [2.24, 2.45) is 64.6 Å². The van der Waals surface area contributed by atoms with Gasteiger partial charge in [0.25, 0.3) is 5.79 Å². The molecule has 1 aliphatic heterocycles. The molecule has 4 bridgehead atoms. The Hall–Kier alpha value is -1.06. The Bertz CT molecular complexity index is 608. The van der Waals surface area contributed by atoms with Crippen LogP contribution in [0.15, 0.2) is 0 Å². The fourth-order valence-electron chi connectivity index (χ4n) is 9.23. The van der Waals surface area contributed by atoms with Crippen LogP contribution in [0, 0.1) is 64.6 Å². The molecule has 10 atom stereocenters. The molecule has 7 aliphatic carbocycles. The molecule has 1 saturated heterocycles. The normalized spacial score (nSPS) is 67.1. The van der Waals surface area contributed by atoms with Gasteiger partial charge in [0, 0.05) is 13.8 Å². The number of rotatable bonds is 0. The van der Waals surface area contributed by atoms with Gasteiger partial charge in [-0.15, -0.1) is 0 Å². The van der Waals surface area contributed by atoms with Gasteiger partial charge < -0.3 is 9.47 Å². The summed E-state index contributed by atoms with van der Waals surface area (Å²) in [4.78, 5) is 25.9. The number of carbonyl (C=O) groups excluding carboxylic acids is 2. The first-order valence-electron chi connectivity index (χ1n) is 8.45. The van der Waals surface area contributed by atoms with Crippen molar-refractivity contribution in [2.45, 2.75) is 26.1 Å². The number of esters is 2. The quantitative estimate of drug-likeness (QED) is 0.499. The summed E-state index contributed by atoms with van der Waals surface area (Å²) in [6.45, 7) is 3.33. The Morgan fingerprint density at radius 1 is 0.810 bits per heavy atom. The summed E-state index contributed by atoms with van der Waals surface area (Å²) in [5.74, 6) is 4.78. The van der Waals surface area contributed by atoms with Gasteiger partial charge in [0.1, 0.15) is 0 Å². The van der Waals surface area contributed by atoms with Gasteiger partial charge in [-0.25, -0.2) is 0 Å². The minimum atomic E-state index is -1.09. The zero-order valence-electron chi connectivity index (χ0n) is 12.1. The highest BCUT2D eigenvalue weighted by molar-refractivity contribution is 6.04. The van der Waals surface area contributed by atoms with Crippen molar-refractivity contribution in [1.29, 1.82) is 0 Å². The first kappa shape index (κ1) is 10.6. The fraction of sp³-hybridized carbons (Fsp3) is 0.882. The van der Waals surface area contributed by atoms with Crippen molar-refractivity contribution in [3.05, 3.63) is 0 Å². The average Bonchev–Trinajstić information content (AvgIpc) is 2.95. The number of hydrogen-bond acceptors (Lipinski definition) is 4. The molecule has 8 fully saturated rings. The average molecular weight is 286 g/mol. The van der Waals surface area contributed by atoms with Gasteiger partial charge >= 0.3 is 11.9 Å². The maximum atomic E-state index is 13.0. The van der Waals surface area contributed by atoms with Gasteiger partial charge in [0.05, 0.1) is 0 Å². The molecule has 4 heteroatoms. The third-order valence-electron chi connectivity index (χ3n) is 8.81. The molecule has 1 heterocycles. The van der Waals surface area contributed by atoms with Crippen LogP contribution in [0.1, 0.15) is 20.3 Å². The van der Waals surface area contributed by atoms with Crippen molar-refractivity contribution in [3.63, 3.8) is 0 Å². The lowest BCUT2D eigenvalue weighted by molar-refractivity contribution is -0.255. The number of carbonyl (C=O) groups is 2. The highest BCUT2D eigenvalue weighted by atomic mass is 16.7. The van der Waals surface area contributed by atoms with E-state index in [4.69, 9.17) is 9.47 Å². The molecule has 0 amide bonds. The molecule has 0 aromatic heterocycles. The third-order valence-corrected chi connectivity index (χ3v) is 8.81. The van der Waals surface area contributed by atoms with Gasteiger partial charge in [-0.05, 0) is 65.6 Å². The molecule has 8 aliphatic rings. The van der Waals surface area contributed by atoms with Gasteiger partial charge in [0.2, 0.25) is 0 Å². The molecule has 0 aromatic carbocycles. The lowest BCUT2D eigenvalue weighted by Gasteiger charge is -2.44. The summed E-state index contributed by atoms with van der Waals surface area (Å²) in [6.07, 6.45) is 1.39. The van der Waals surface area contributed by atoms with E-state index in [1.807, 2.05) is 0 Å². The van der Waals surface area contributed by atoms with E-state index in [-0.39, 0.29) is 23.8 Å². The highest BCUT2D eigenvalue weighted by Crippen LogP contribution is 2.94. The van der Waals surface area contributed by atoms with Crippen LogP contribution in [0.25, 0.3) is 0 Å². The first-order chi connectivity index (χ1) is 9.98. The zero-order valence-corrected chi connectivity index (χ0v) is 12.1. The van der Waals surface area contributed by atoms with E-state index in [0.29, 0.717) is 23.7 Å². The largest absolute Gasteiger partial charge is 0.422 e. The third kappa shape index (κ3) is 0.687. The van der Waals surface area contributed by atoms with Gasteiger partial charge in [-0.1, -0.05) is 0 Å². The van der Waals surface area contributed by atoms with Crippen LogP contribution < -0.4 is 0 Å². The summed E-state index contributed by atoms with van der Waals surface area (Å²) in [6, 6.07) is 0. The summed E-state index contributed by atoms with van der Waals surface area (Å²) >= 11 is 0. The number of hydrogen-bond donors (Lipinski definition) is 0. The molecule has 0 N–H and O–H groups in total. The molecule has 0 radical (unpaired) electrons. The van der Waals surface area contributed by atoms with Crippen molar-refractivity contribution in [3.8, 4) is 0 Å². The van der Waals surface area contributed by atoms with Crippen LogP contribution >= 0.6 is 0 Å². The Labute approximate surface area is 122 Å². The lowest BCUT2D eigenvalue weighted by Crippen LogP contribution is -2.57. The second kappa shape index (κ2) is 2.44. The maximum Gasteiger partial charge on any atom is 0.327 e. The summed E-state index contributed by atoms with van der Waals surface area (Å²) < 4.78 is 11.2. The number of cyclic esters (lactones) is 2. The predicted molar refractivity (Wildman–Crippen MR) is 68.2 cm³/mol. The van der Waals surface area contributed by atoms with E-state index in [1.165, 1.54) is 6.42 Å². The molecular formula is C17H18O4. The van der Waals surface area contributed by atoms with Gasteiger partial charge in [-0.3, -0.25) is 9.59 Å². The van der Waals surface area contributed by atoms with Gasteiger partial charge in [-0.2, -0.15) is 0 Å². The molecule has 4 nitrogen and oxygen atoms in total. The first-order valence-corrected chi connectivity index (χ1v) is 8.45. The van der Waals surface area contributed by atoms with E-state index in [0.717, 1.165) is 23.7 Å². The van der Waals surface area contributed by atoms with E-state index in [9.17, 15) is 9.59 Å². The van der Waals surface area contributed by atoms with Crippen molar-refractivity contribution >= 4 is 11.9 Å². The Kier molecular flexibility index (Phi) is 1.24. The van der Waals surface area contributed by atoms with E-state index in [1.54, 1.807) is 13.8 Å². The van der Waals surface area contributed by atoms with Crippen LogP contribution in [-0.2, 0) is 19.1 Å². The molecule has 1 spiro atoms. The van der Waals surface area contributed by atoms with Crippen molar-refractivity contribution in [2.75, 3.05) is 0 Å². The molecule has 0 unspecified atom stereocenters. The zero-order chi connectivity index (χ0) is 14.0. The Morgan fingerprint density at radius 3 is 1.76 bits per heavy atom. The van der Waals surface area contributed by atoms with Crippen LogP contribution in [0.2, 0.25) is 0 Å². The van der Waals surface area contributed by atoms with Crippen LogP contribution in [0.4, 0.5) is 0 Å². The molecule has 110 valence electrons. The smallest absolute Gasteiger partial charge is 0.327 e. The van der Waals surface area contributed by atoms with E-state index >= 15 is 0 Å². The predicted octanol–water partition coefficient (Wildman–Crippen LogP) is 1.44. The van der Waals surface area contributed by atoms with E-state index < -0.39 is 11.2 Å². The molecular weight excluding hydrogens is 268 g/mol. The minimum absolute atomic E-state index is 0.249. The summed E-state index contributed by atoms with van der Waals surface area (Å²) in [7, 11) is 0. The summed E-state index contributed by atoms with van der Waals surface area (Å²) in [5, 5.41) is 0. The summed E-state index contributed by atoms with van der Waals surface area (Å²) in [5.41, 5.74) is -0.906. The second-order valence-corrected chi connectivity index (χ2v) is 9.13. The van der Waals surface area contributed by atoms with Crippen LogP contribution in [0.5, 0.6) is 0 Å². The minimum Gasteiger partial charge on any atom is -0.422 e. The Balaban J connectivity index is 1.48. The SMILES string of the molecule is CC1(C)OC(=O)C2(C(=O)O1)[C@@H]1[C@H]3[C@@H]4[C@H]5C[C@H]6[C@@H]4[C@@H]3[C@@H]2[C@H]6[C@@H]51. The van der Waals surface area contributed by atoms with Crippen molar-refractivity contribution < 1.29 is 19.1 Å². The standard InChI is InChI=1S/C17H18O4/c1-16(2)20-14(18)17(15(19)21-16)12-8-4-3-5-7-6(4)10(12)11(7)13(17)9(5)8/h4-13H,3H2,1-2H3/t4-,5+,6-,7+,8-,9-,10+,11+,12+,13+/m1/s1. The molecule has 7 saturated carbocycles. The Morgan fingerprint density at radius 2 is 1.29 bits per heavy atom. The highest BCUT2D eigenvalue weighted by Gasteiger charge is 2.96. The molecule has 21 heavy (non-hydrogen) atoms. The maximum absolute atomic E-state index is 13.0. The molecule has 8 rings (SSSR count). The monoisotopic (exact) mass is 286 g/mol. The fourth-order valence-corrected chi connectivity index (χ4v) is 9.23. The topological polar surface area (TPSA) is 52.6 Å². The van der Waals surface area contributed by atoms with Gasteiger partial charge in [0.15, 0.2) is 5.41 Å². The second-order valence-electron chi connectivity index (χ2n) is 9.13. The lowest BCUT2D eigenvalue weighted by atomic mass is 9.60. The van der Waals surface area contributed by atoms with E-state index in [2.05, 4.69) is 0 Å². The van der Waals surface area contributed by atoms with Crippen LogP contribution in [-0.4, -0.2) is 17.7 Å². The molecule has 0 aromatic rings. The van der Waals surface area contributed by atoms with Crippen LogP contribution in [0.3, 0.4) is 0 Å².